The average molecular weight is 254 g/mol. The van der Waals surface area contributed by atoms with Crippen molar-refractivity contribution in [2.24, 2.45) is 11.3 Å². The molecular weight excluding hydrogens is 220 g/mol. The van der Waals surface area contributed by atoms with Gasteiger partial charge in [-0.05, 0) is 51.1 Å². The molecule has 0 aliphatic heterocycles. The Labute approximate surface area is 115 Å². The second kappa shape index (κ2) is 7.49. The van der Waals surface area contributed by atoms with E-state index >= 15 is 0 Å². The van der Waals surface area contributed by atoms with E-state index in [-0.39, 0.29) is 0 Å². The van der Waals surface area contributed by atoms with Crippen LogP contribution in [0.5, 0.6) is 0 Å². The van der Waals surface area contributed by atoms with Crippen molar-refractivity contribution in [3.8, 4) is 0 Å². The predicted molar refractivity (Wildman–Crippen MR) is 81.0 cm³/mol. The van der Waals surface area contributed by atoms with Gasteiger partial charge in [0.25, 0.3) is 0 Å². The summed E-state index contributed by atoms with van der Waals surface area (Å²) in [5.74, 6) is 0.832. The summed E-state index contributed by atoms with van der Waals surface area (Å²) in [5.41, 5.74) is 0.604. The molecule has 1 saturated carbocycles. The highest BCUT2D eigenvalue weighted by Gasteiger charge is 2.34. The Kier molecular flexibility index (Phi) is 6.65. The molecule has 2 heteroatoms. The fourth-order valence-corrected chi connectivity index (χ4v) is 3.50. The van der Waals surface area contributed by atoms with Gasteiger partial charge in [0.05, 0.1) is 0 Å². The molecular formula is C16H34N2. The number of hydrogen-bond acceptors (Lipinski definition) is 2. The molecule has 1 atom stereocenters. The second-order valence-electron chi connectivity index (χ2n) is 6.94. The number of hydrogen-bond donors (Lipinski definition) is 1. The maximum atomic E-state index is 3.79. The van der Waals surface area contributed by atoms with Gasteiger partial charge in [-0.1, -0.05) is 33.6 Å². The normalized spacial score (nSPS) is 20.8. The molecule has 1 aliphatic rings. The zero-order chi connectivity index (χ0) is 13.6. The number of likely N-dealkylation sites (N-methyl/N-ethyl adjacent to an activating group) is 1. The fourth-order valence-electron chi connectivity index (χ4n) is 3.50. The van der Waals surface area contributed by atoms with E-state index in [4.69, 9.17) is 0 Å². The lowest BCUT2D eigenvalue weighted by molar-refractivity contribution is 0.206. The molecule has 108 valence electrons. The van der Waals surface area contributed by atoms with E-state index in [9.17, 15) is 0 Å². The Balaban J connectivity index is 2.38. The summed E-state index contributed by atoms with van der Waals surface area (Å²) in [5, 5.41) is 3.79. The van der Waals surface area contributed by atoms with E-state index in [0.717, 1.165) is 19.0 Å². The summed E-state index contributed by atoms with van der Waals surface area (Å²) < 4.78 is 0. The van der Waals surface area contributed by atoms with E-state index in [1.807, 2.05) is 0 Å². The Morgan fingerprint density at radius 3 is 2.28 bits per heavy atom. The monoisotopic (exact) mass is 254 g/mol. The predicted octanol–water partition coefficient (Wildman–Crippen LogP) is 3.52. The van der Waals surface area contributed by atoms with Crippen molar-refractivity contribution in [3.63, 3.8) is 0 Å². The third-order valence-corrected chi connectivity index (χ3v) is 4.46. The Hall–Kier alpha value is -0.0800. The SMILES string of the molecule is CCN(C)CC(C)NCC1(CC(C)C)CCCC1. The largest absolute Gasteiger partial charge is 0.312 e. The minimum Gasteiger partial charge on any atom is -0.312 e. The van der Waals surface area contributed by atoms with Crippen molar-refractivity contribution in [3.05, 3.63) is 0 Å². The third-order valence-electron chi connectivity index (χ3n) is 4.46. The van der Waals surface area contributed by atoms with Gasteiger partial charge in [-0.25, -0.2) is 0 Å². The van der Waals surface area contributed by atoms with E-state index in [2.05, 4.69) is 45.0 Å². The lowest BCUT2D eigenvalue weighted by Gasteiger charge is -2.33. The minimum absolute atomic E-state index is 0.604. The highest BCUT2D eigenvalue weighted by molar-refractivity contribution is 4.88. The summed E-state index contributed by atoms with van der Waals surface area (Å²) in [6.45, 7) is 12.8. The zero-order valence-electron chi connectivity index (χ0n) is 13.3. The van der Waals surface area contributed by atoms with E-state index in [1.165, 1.54) is 38.6 Å². The van der Waals surface area contributed by atoms with Gasteiger partial charge in [-0.3, -0.25) is 0 Å². The summed E-state index contributed by atoms with van der Waals surface area (Å²) in [6, 6.07) is 0.611. The Morgan fingerprint density at radius 2 is 1.78 bits per heavy atom. The van der Waals surface area contributed by atoms with Crippen LogP contribution in [0.1, 0.15) is 59.8 Å². The molecule has 0 aromatic heterocycles. The molecule has 1 unspecified atom stereocenters. The number of rotatable bonds is 8. The smallest absolute Gasteiger partial charge is 0.0166 e. The van der Waals surface area contributed by atoms with Gasteiger partial charge in [0.2, 0.25) is 0 Å². The lowest BCUT2D eigenvalue weighted by atomic mass is 9.78. The van der Waals surface area contributed by atoms with E-state index < -0.39 is 0 Å². The van der Waals surface area contributed by atoms with Crippen LogP contribution in [0.25, 0.3) is 0 Å². The Bertz CT molecular complexity index is 219. The van der Waals surface area contributed by atoms with Crippen LogP contribution in [0.2, 0.25) is 0 Å². The van der Waals surface area contributed by atoms with Gasteiger partial charge in [0, 0.05) is 19.1 Å². The maximum absolute atomic E-state index is 3.79. The molecule has 0 amide bonds. The summed E-state index contributed by atoms with van der Waals surface area (Å²) >= 11 is 0. The van der Waals surface area contributed by atoms with Crippen molar-refractivity contribution in [1.82, 2.24) is 10.2 Å². The zero-order valence-corrected chi connectivity index (χ0v) is 13.3. The third kappa shape index (κ3) is 5.27. The Morgan fingerprint density at radius 1 is 1.17 bits per heavy atom. The van der Waals surface area contributed by atoms with Crippen LogP contribution in [0, 0.1) is 11.3 Å². The van der Waals surface area contributed by atoms with Gasteiger partial charge < -0.3 is 10.2 Å². The topological polar surface area (TPSA) is 15.3 Å². The van der Waals surface area contributed by atoms with E-state index in [0.29, 0.717) is 11.5 Å². The first-order valence-electron chi connectivity index (χ1n) is 7.89. The molecule has 2 nitrogen and oxygen atoms in total. The first-order chi connectivity index (χ1) is 8.47. The van der Waals surface area contributed by atoms with Crippen molar-refractivity contribution in [1.29, 1.82) is 0 Å². The van der Waals surface area contributed by atoms with Crippen molar-refractivity contribution in [2.45, 2.75) is 65.8 Å². The van der Waals surface area contributed by atoms with Crippen molar-refractivity contribution < 1.29 is 0 Å². The standard InChI is InChI=1S/C16H34N2/c1-6-18(5)12-15(4)17-13-16(11-14(2)3)9-7-8-10-16/h14-15,17H,6-13H2,1-5H3. The lowest BCUT2D eigenvalue weighted by Crippen LogP contribution is -2.43. The summed E-state index contributed by atoms with van der Waals surface area (Å²) in [4.78, 5) is 2.39. The highest BCUT2D eigenvalue weighted by Crippen LogP contribution is 2.42. The first-order valence-corrected chi connectivity index (χ1v) is 7.89. The van der Waals surface area contributed by atoms with Gasteiger partial charge in [-0.15, -0.1) is 0 Å². The van der Waals surface area contributed by atoms with Crippen LogP contribution in [-0.2, 0) is 0 Å². The molecule has 0 spiro atoms. The molecule has 0 saturated heterocycles. The van der Waals surface area contributed by atoms with Gasteiger partial charge in [0.1, 0.15) is 0 Å². The molecule has 0 aromatic carbocycles. The molecule has 18 heavy (non-hydrogen) atoms. The maximum Gasteiger partial charge on any atom is 0.0166 e. The molecule has 0 heterocycles. The van der Waals surface area contributed by atoms with Gasteiger partial charge in [0.15, 0.2) is 0 Å². The highest BCUT2D eigenvalue weighted by atomic mass is 15.1. The van der Waals surface area contributed by atoms with Crippen molar-refractivity contribution >= 4 is 0 Å². The first kappa shape index (κ1) is 16.0. The number of nitrogens with zero attached hydrogens (tertiary/aromatic N) is 1. The molecule has 1 fully saturated rings. The molecule has 0 aromatic rings. The molecule has 0 radical (unpaired) electrons. The fraction of sp³-hybridized carbons (Fsp3) is 1.00. The molecule has 1 rings (SSSR count). The van der Waals surface area contributed by atoms with Gasteiger partial charge >= 0.3 is 0 Å². The van der Waals surface area contributed by atoms with Crippen LogP contribution in [0.4, 0.5) is 0 Å². The van der Waals surface area contributed by atoms with Crippen LogP contribution < -0.4 is 5.32 Å². The van der Waals surface area contributed by atoms with Crippen LogP contribution in [0.3, 0.4) is 0 Å². The summed E-state index contributed by atoms with van der Waals surface area (Å²) in [7, 11) is 2.21. The molecule has 1 N–H and O–H groups in total. The summed E-state index contributed by atoms with van der Waals surface area (Å²) in [6.07, 6.45) is 7.16. The van der Waals surface area contributed by atoms with Gasteiger partial charge in [-0.2, -0.15) is 0 Å². The van der Waals surface area contributed by atoms with Crippen molar-refractivity contribution in [2.75, 3.05) is 26.7 Å². The molecule has 1 aliphatic carbocycles. The van der Waals surface area contributed by atoms with E-state index in [1.54, 1.807) is 0 Å². The van der Waals surface area contributed by atoms with Crippen LogP contribution in [0.15, 0.2) is 0 Å². The van der Waals surface area contributed by atoms with Crippen LogP contribution in [-0.4, -0.2) is 37.6 Å². The quantitative estimate of drug-likeness (QED) is 0.713. The molecule has 0 bridgehead atoms. The van der Waals surface area contributed by atoms with Crippen LogP contribution >= 0.6 is 0 Å². The average Bonchev–Trinajstić information content (AvgIpc) is 2.74. The second-order valence-corrected chi connectivity index (χ2v) is 6.94. The minimum atomic E-state index is 0.604. The number of nitrogens with one attached hydrogen (secondary N) is 1.